The zero-order valence-corrected chi connectivity index (χ0v) is 11.9. The van der Waals surface area contributed by atoms with E-state index in [1.165, 1.54) is 18.2 Å². The van der Waals surface area contributed by atoms with Crippen molar-refractivity contribution in [3.63, 3.8) is 0 Å². The minimum absolute atomic E-state index is 0.0457. The monoisotopic (exact) mass is 304 g/mol. The molecule has 0 saturated heterocycles. The smallest absolute Gasteiger partial charge is 0.405 e. The zero-order valence-electron chi connectivity index (χ0n) is 11.9. The van der Waals surface area contributed by atoms with Crippen LogP contribution in [0.25, 0.3) is 0 Å². The predicted octanol–water partition coefficient (Wildman–Crippen LogP) is 2.57. The average molecular weight is 304 g/mol. The molecule has 1 amide bonds. The third kappa shape index (κ3) is 6.48. The van der Waals surface area contributed by atoms with E-state index in [4.69, 9.17) is 5.73 Å². The number of amides is 1. The maximum atomic E-state index is 12.3. The minimum Gasteiger partial charge on any atom is -0.405 e. The third-order valence-corrected chi connectivity index (χ3v) is 2.95. The normalized spacial score (nSPS) is 13.1. The highest BCUT2D eigenvalue weighted by Gasteiger charge is 2.31. The van der Waals surface area contributed by atoms with Crippen LogP contribution in [0.15, 0.2) is 24.3 Å². The molecule has 0 aromatic heterocycles. The van der Waals surface area contributed by atoms with Gasteiger partial charge in [0.1, 0.15) is 5.75 Å². The lowest BCUT2D eigenvalue weighted by atomic mass is 10.0. The molecule has 0 aliphatic rings. The summed E-state index contributed by atoms with van der Waals surface area (Å²) in [5, 5.41) is 2.54. The van der Waals surface area contributed by atoms with Gasteiger partial charge in [0.15, 0.2) is 0 Å². The molecule has 1 unspecified atom stereocenters. The van der Waals surface area contributed by atoms with Crippen LogP contribution in [-0.4, -0.2) is 18.3 Å². The van der Waals surface area contributed by atoms with E-state index in [-0.39, 0.29) is 42.1 Å². The number of alkyl halides is 3. The van der Waals surface area contributed by atoms with Crippen LogP contribution in [0, 0.1) is 5.92 Å². The van der Waals surface area contributed by atoms with Gasteiger partial charge in [-0.3, -0.25) is 4.79 Å². The van der Waals surface area contributed by atoms with Gasteiger partial charge in [-0.25, -0.2) is 0 Å². The molecule has 1 aromatic carbocycles. The van der Waals surface area contributed by atoms with E-state index in [0.717, 1.165) is 0 Å². The number of hydrogen-bond acceptors (Lipinski definition) is 3. The molecule has 0 aliphatic heterocycles. The number of rotatable bonds is 6. The molecule has 0 spiro atoms. The fourth-order valence-corrected chi connectivity index (χ4v) is 1.59. The first kappa shape index (κ1) is 17.3. The second kappa shape index (κ2) is 7.31. The Morgan fingerprint density at radius 1 is 1.33 bits per heavy atom. The number of carbonyl (C=O) groups excluding carboxylic acids is 1. The quantitative estimate of drug-likeness (QED) is 0.849. The van der Waals surface area contributed by atoms with Crippen molar-refractivity contribution in [1.82, 2.24) is 5.32 Å². The minimum atomic E-state index is -4.76. The molecule has 0 aliphatic carbocycles. The highest BCUT2D eigenvalue weighted by molar-refractivity contribution is 5.76. The van der Waals surface area contributed by atoms with Gasteiger partial charge in [0, 0.05) is 24.6 Å². The maximum Gasteiger partial charge on any atom is 0.573 e. The molecule has 7 heteroatoms. The summed E-state index contributed by atoms with van der Waals surface area (Å²) < 4.78 is 40.7. The van der Waals surface area contributed by atoms with E-state index in [9.17, 15) is 18.0 Å². The first-order valence-corrected chi connectivity index (χ1v) is 6.55. The summed E-state index contributed by atoms with van der Waals surface area (Å²) in [6.07, 6.45) is -4.64. The number of carbonyl (C=O) groups is 1. The van der Waals surface area contributed by atoms with Gasteiger partial charge in [-0.1, -0.05) is 32.0 Å². The Hall–Kier alpha value is -1.76. The summed E-state index contributed by atoms with van der Waals surface area (Å²) in [6.45, 7) is 3.74. The van der Waals surface area contributed by atoms with Crippen LogP contribution in [0.1, 0.15) is 25.8 Å². The second-order valence-corrected chi connectivity index (χ2v) is 5.04. The Balaban J connectivity index is 2.61. The lowest BCUT2D eigenvalue weighted by Crippen LogP contribution is -2.34. The summed E-state index contributed by atoms with van der Waals surface area (Å²) in [5.74, 6) is -0.479. The third-order valence-electron chi connectivity index (χ3n) is 2.95. The predicted molar refractivity (Wildman–Crippen MR) is 72.4 cm³/mol. The Morgan fingerprint density at radius 2 is 1.95 bits per heavy atom. The first-order chi connectivity index (χ1) is 9.69. The van der Waals surface area contributed by atoms with Crippen molar-refractivity contribution in [1.29, 1.82) is 0 Å². The maximum absolute atomic E-state index is 12.3. The van der Waals surface area contributed by atoms with Crippen molar-refractivity contribution in [3.8, 4) is 5.75 Å². The van der Waals surface area contributed by atoms with Crippen molar-refractivity contribution in [2.24, 2.45) is 11.7 Å². The van der Waals surface area contributed by atoms with Gasteiger partial charge < -0.3 is 15.8 Å². The number of para-hydroxylation sites is 1. The SMILES string of the molecule is CC(C)C(N)CC(=O)NCc1ccccc1OC(F)(F)F. The van der Waals surface area contributed by atoms with Gasteiger partial charge in [-0.2, -0.15) is 0 Å². The van der Waals surface area contributed by atoms with Crippen LogP contribution in [0.4, 0.5) is 13.2 Å². The molecule has 0 fully saturated rings. The number of hydrogen-bond donors (Lipinski definition) is 2. The first-order valence-electron chi connectivity index (χ1n) is 6.55. The van der Waals surface area contributed by atoms with Crippen LogP contribution in [0.5, 0.6) is 5.75 Å². The summed E-state index contributed by atoms with van der Waals surface area (Å²) in [6, 6.07) is 5.39. The van der Waals surface area contributed by atoms with E-state index in [0.29, 0.717) is 0 Å². The molecular weight excluding hydrogens is 285 g/mol. The van der Waals surface area contributed by atoms with Gasteiger partial charge in [-0.05, 0) is 12.0 Å². The second-order valence-electron chi connectivity index (χ2n) is 5.04. The molecule has 1 aromatic rings. The van der Waals surface area contributed by atoms with Gasteiger partial charge in [-0.15, -0.1) is 13.2 Å². The topological polar surface area (TPSA) is 64.4 Å². The molecule has 1 atom stereocenters. The Labute approximate surface area is 121 Å². The number of nitrogens with one attached hydrogen (secondary N) is 1. The molecule has 0 heterocycles. The molecular formula is C14H19F3N2O2. The molecule has 0 bridgehead atoms. The van der Waals surface area contributed by atoms with Crippen molar-refractivity contribution in [3.05, 3.63) is 29.8 Å². The van der Waals surface area contributed by atoms with Gasteiger partial charge in [0.05, 0.1) is 0 Å². The van der Waals surface area contributed by atoms with Crippen LogP contribution in [0.2, 0.25) is 0 Å². The van der Waals surface area contributed by atoms with E-state index in [2.05, 4.69) is 10.1 Å². The van der Waals surface area contributed by atoms with E-state index < -0.39 is 6.36 Å². The molecule has 118 valence electrons. The largest absolute Gasteiger partial charge is 0.573 e. The number of ether oxygens (including phenoxy) is 1. The van der Waals surface area contributed by atoms with Crippen molar-refractivity contribution in [2.75, 3.05) is 0 Å². The van der Waals surface area contributed by atoms with Crippen LogP contribution < -0.4 is 15.8 Å². The number of halogens is 3. The lowest BCUT2D eigenvalue weighted by molar-refractivity contribution is -0.274. The standard InChI is InChI=1S/C14H19F3N2O2/c1-9(2)11(18)7-13(20)19-8-10-5-3-4-6-12(10)21-14(15,16)17/h3-6,9,11H,7-8,18H2,1-2H3,(H,19,20). The highest BCUT2D eigenvalue weighted by Crippen LogP contribution is 2.26. The molecule has 3 N–H and O–H groups in total. The van der Waals surface area contributed by atoms with Crippen LogP contribution in [0.3, 0.4) is 0 Å². The Kier molecular flexibility index (Phi) is 6.02. The molecule has 1 rings (SSSR count). The van der Waals surface area contributed by atoms with E-state index in [1.807, 2.05) is 13.8 Å². The van der Waals surface area contributed by atoms with Crippen molar-refractivity contribution in [2.45, 2.75) is 39.2 Å². The Morgan fingerprint density at radius 3 is 2.52 bits per heavy atom. The lowest BCUT2D eigenvalue weighted by Gasteiger charge is -2.16. The van der Waals surface area contributed by atoms with Crippen molar-refractivity contribution < 1.29 is 22.7 Å². The van der Waals surface area contributed by atoms with Crippen LogP contribution >= 0.6 is 0 Å². The van der Waals surface area contributed by atoms with Crippen molar-refractivity contribution >= 4 is 5.91 Å². The summed E-state index contributed by atoms with van der Waals surface area (Å²) in [7, 11) is 0. The summed E-state index contributed by atoms with van der Waals surface area (Å²) in [4.78, 5) is 11.7. The van der Waals surface area contributed by atoms with Gasteiger partial charge in [0.2, 0.25) is 5.91 Å². The van der Waals surface area contributed by atoms with E-state index in [1.54, 1.807) is 6.07 Å². The van der Waals surface area contributed by atoms with Gasteiger partial charge >= 0.3 is 6.36 Å². The fraction of sp³-hybridized carbons (Fsp3) is 0.500. The number of nitrogens with two attached hydrogens (primary N) is 1. The summed E-state index contributed by atoms with van der Waals surface area (Å²) >= 11 is 0. The average Bonchev–Trinajstić information content (AvgIpc) is 2.35. The zero-order chi connectivity index (χ0) is 16.0. The van der Waals surface area contributed by atoms with Gasteiger partial charge in [0.25, 0.3) is 0 Å². The fourth-order valence-electron chi connectivity index (χ4n) is 1.59. The van der Waals surface area contributed by atoms with Crippen LogP contribution in [-0.2, 0) is 11.3 Å². The summed E-state index contributed by atoms with van der Waals surface area (Å²) in [5.41, 5.74) is 6.02. The number of benzene rings is 1. The molecule has 0 radical (unpaired) electrons. The highest BCUT2D eigenvalue weighted by atomic mass is 19.4. The molecule has 0 saturated carbocycles. The molecule has 4 nitrogen and oxygen atoms in total. The molecule has 21 heavy (non-hydrogen) atoms. The van der Waals surface area contributed by atoms with E-state index >= 15 is 0 Å². The Bertz CT molecular complexity index is 476.